The predicted octanol–water partition coefficient (Wildman–Crippen LogP) is -0.0525. The van der Waals surface area contributed by atoms with Crippen LogP contribution in [0.2, 0.25) is 0 Å². The van der Waals surface area contributed by atoms with E-state index in [4.69, 9.17) is 19.9 Å². The second kappa shape index (κ2) is 21.8. The second-order valence-corrected chi connectivity index (χ2v) is 14.6. The number of non-ortho nitro benzene ring substituents is 1. The van der Waals surface area contributed by atoms with Gasteiger partial charge in [-0.15, -0.1) is 0 Å². The smallest absolute Gasteiger partial charge is 0.293 e. The van der Waals surface area contributed by atoms with Gasteiger partial charge in [0.1, 0.15) is 48.6 Å². The number of nitro groups is 1. The van der Waals surface area contributed by atoms with Crippen LogP contribution in [0.4, 0.5) is 11.4 Å². The maximum absolute atomic E-state index is 13.3. The average molecular weight is 863 g/mol. The van der Waals surface area contributed by atoms with Gasteiger partial charge in [-0.1, -0.05) is 42.5 Å². The van der Waals surface area contributed by atoms with Crippen molar-refractivity contribution in [1.82, 2.24) is 26.3 Å². The lowest BCUT2D eigenvalue weighted by Crippen LogP contribution is -2.65. The Hall–Kier alpha value is -6.52. The molecule has 7 atom stereocenters. The second-order valence-electron chi connectivity index (χ2n) is 14.6. The zero-order valence-electron chi connectivity index (χ0n) is 34.0. The van der Waals surface area contributed by atoms with Gasteiger partial charge in [0.15, 0.2) is 11.7 Å². The van der Waals surface area contributed by atoms with Crippen molar-refractivity contribution in [3.05, 3.63) is 92.6 Å². The third kappa shape index (κ3) is 12.1. The molecule has 7 unspecified atom stereocenters. The number of fused-ring (bicyclic) bond motifs is 2. The molecule has 1 saturated heterocycles. The molecule has 21 heteroatoms. The van der Waals surface area contributed by atoms with Gasteiger partial charge in [-0.05, 0) is 43.5 Å². The first-order valence-electron chi connectivity index (χ1n) is 19.8. The van der Waals surface area contributed by atoms with Gasteiger partial charge in [-0.25, -0.2) is 0 Å². The summed E-state index contributed by atoms with van der Waals surface area (Å²) in [6.07, 6.45) is -5.13. The lowest BCUT2D eigenvalue weighted by molar-refractivity contribution is -0.383. The molecule has 0 aliphatic carbocycles. The molecule has 332 valence electrons. The van der Waals surface area contributed by atoms with Crippen LogP contribution in [0.5, 0.6) is 0 Å². The van der Waals surface area contributed by atoms with Crippen LogP contribution >= 0.6 is 0 Å². The van der Waals surface area contributed by atoms with Crippen LogP contribution in [0.3, 0.4) is 0 Å². The topological polar surface area (TPSA) is 316 Å². The van der Waals surface area contributed by atoms with Gasteiger partial charge < -0.3 is 61.7 Å². The van der Waals surface area contributed by atoms with Gasteiger partial charge in [0, 0.05) is 49.1 Å². The van der Waals surface area contributed by atoms with Gasteiger partial charge in [0.2, 0.25) is 29.5 Å². The van der Waals surface area contributed by atoms with Crippen molar-refractivity contribution in [1.29, 1.82) is 0 Å². The Kier molecular flexibility index (Phi) is 16.4. The van der Waals surface area contributed by atoms with Gasteiger partial charge in [-0.3, -0.25) is 38.9 Å². The molecule has 2 heterocycles. The molecule has 1 aromatic heterocycles. The number of carbonyl (C=O) groups excluding carboxylic acids is 5. The van der Waals surface area contributed by atoms with E-state index >= 15 is 0 Å². The number of nitrogens with two attached hydrogens (primary N) is 1. The number of carbonyl (C=O) groups is 5. The highest BCUT2D eigenvalue weighted by Crippen LogP contribution is 2.30. The maximum atomic E-state index is 13.3. The van der Waals surface area contributed by atoms with Crippen molar-refractivity contribution in [3.63, 3.8) is 0 Å². The SMILES string of the molecule is CC(=O)NC1C(OCc2ccccc2)OC(CO)C(O)C1OCC(=O)NC(C)C(=O)NC(CCC(=O)NCCCNc1ccc([N+](=O)[O-])c2[nH]c3ccccc3c(=O)c12)C(N)=O. The van der Waals surface area contributed by atoms with Crippen molar-refractivity contribution >= 4 is 62.7 Å². The van der Waals surface area contributed by atoms with Gasteiger partial charge in [-0.2, -0.15) is 0 Å². The van der Waals surface area contributed by atoms with Crippen LogP contribution < -0.4 is 37.7 Å². The molecule has 62 heavy (non-hydrogen) atoms. The molecule has 1 aliphatic heterocycles. The third-order valence-electron chi connectivity index (χ3n) is 10.0. The lowest BCUT2D eigenvalue weighted by atomic mass is 9.96. The van der Waals surface area contributed by atoms with E-state index in [1.54, 1.807) is 48.5 Å². The minimum absolute atomic E-state index is 0.0548. The largest absolute Gasteiger partial charge is 0.394 e. The Morgan fingerprint density at radius 1 is 0.984 bits per heavy atom. The number of primary amides is 1. The molecular weight excluding hydrogens is 812 g/mol. The number of pyridine rings is 1. The molecule has 21 nitrogen and oxygen atoms in total. The number of nitrogens with zero attached hydrogens (tertiary/aromatic N) is 1. The molecule has 0 bridgehead atoms. The number of anilines is 1. The normalized spacial score (nSPS) is 19.5. The molecule has 5 rings (SSSR count). The standard InChI is InChI=1S/C41H50N8O13/c1-22(45-32(53)21-60-38-35(46-23(2)51)41(62-30(19-50)37(38)55)61-20-24-9-4-3-5-10-24)40(57)48-28(39(42)56)14-16-31(52)44-18-8-17-43-27-13-15-29(49(58)59)34-33(27)36(54)25-11-6-7-12-26(25)47-34/h3-7,9-13,15,22,28,30,35,37-38,41,43,50,55H,8,14,16-21H2,1-2H3,(H2,42,56)(H,44,52)(H,45,53)(H,46,51)(H,47,54)(H,48,57). The van der Waals surface area contributed by atoms with Crippen LogP contribution in [-0.4, -0.2) is 119 Å². The van der Waals surface area contributed by atoms with E-state index in [0.29, 0.717) is 23.0 Å². The minimum atomic E-state index is -1.50. The molecule has 0 saturated carbocycles. The van der Waals surface area contributed by atoms with E-state index in [1.165, 1.54) is 26.0 Å². The van der Waals surface area contributed by atoms with Gasteiger partial charge in [0.25, 0.3) is 5.69 Å². The molecule has 1 aliphatic rings. The molecule has 3 aromatic carbocycles. The summed E-state index contributed by atoms with van der Waals surface area (Å²) in [5.41, 5.74) is 6.57. The quantitative estimate of drug-likeness (QED) is 0.0230. The Morgan fingerprint density at radius 3 is 2.40 bits per heavy atom. The number of H-pyrrole nitrogens is 1. The zero-order valence-corrected chi connectivity index (χ0v) is 34.0. The number of aliphatic hydroxyl groups is 2. The van der Waals surface area contributed by atoms with Crippen LogP contribution in [0.1, 0.15) is 38.7 Å². The van der Waals surface area contributed by atoms with Crippen molar-refractivity contribution in [2.75, 3.05) is 31.6 Å². The lowest BCUT2D eigenvalue weighted by Gasteiger charge is -2.44. The Bertz CT molecular complexity index is 2310. The number of hydrogen-bond donors (Lipinski definition) is 9. The number of benzene rings is 3. The molecule has 5 amide bonds. The summed E-state index contributed by atoms with van der Waals surface area (Å²) in [4.78, 5) is 90.3. The van der Waals surface area contributed by atoms with E-state index < -0.39 is 90.4 Å². The fraction of sp³-hybridized carbons (Fsp3) is 0.415. The van der Waals surface area contributed by atoms with Crippen LogP contribution in [0.25, 0.3) is 21.8 Å². The van der Waals surface area contributed by atoms with Crippen LogP contribution in [0.15, 0.2) is 71.5 Å². The summed E-state index contributed by atoms with van der Waals surface area (Å²) >= 11 is 0. The number of nitro benzene ring substituents is 1. The van der Waals surface area contributed by atoms with Crippen molar-refractivity contribution in [2.24, 2.45) is 5.73 Å². The number of ether oxygens (including phenoxy) is 3. The maximum Gasteiger partial charge on any atom is 0.293 e. The summed E-state index contributed by atoms with van der Waals surface area (Å²) in [6.45, 7) is 1.76. The number of aromatic amines is 1. The van der Waals surface area contributed by atoms with Crippen LogP contribution in [0, 0.1) is 10.1 Å². The molecular formula is C41H50N8O13. The van der Waals surface area contributed by atoms with Crippen molar-refractivity contribution < 1.29 is 53.3 Å². The van der Waals surface area contributed by atoms with Crippen molar-refractivity contribution in [2.45, 2.75) is 82.4 Å². The van der Waals surface area contributed by atoms with Gasteiger partial charge in [0.05, 0.1) is 23.5 Å². The Morgan fingerprint density at radius 2 is 1.71 bits per heavy atom. The number of hydrogen-bond acceptors (Lipinski definition) is 14. The molecule has 0 spiro atoms. The Labute approximate surface area is 354 Å². The van der Waals surface area contributed by atoms with E-state index in [1.807, 2.05) is 6.07 Å². The number of rotatable bonds is 21. The highest BCUT2D eigenvalue weighted by atomic mass is 16.7. The Balaban J connectivity index is 1.07. The fourth-order valence-electron chi connectivity index (χ4n) is 6.87. The van der Waals surface area contributed by atoms with E-state index in [0.717, 1.165) is 5.56 Å². The first-order valence-corrected chi connectivity index (χ1v) is 19.8. The highest BCUT2D eigenvalue weighted by Gasteiger charge is 2.47. The van der Waals surface area contributed by atoms with E-state index in [2.05, 4.69) is 31.6 Å². The summed E-state index contributed by atoms with van der Waals surface area (Å²) in [6, 6.07) is 14.9. The summed E-state index contributed by atoms with van der Waals surface area (Å²) in [5.74, 6) is -3.48. The first-order chi connectivity index (χ1) is 29.7. The summed E-state index contributed by atoms with van der Waals surface area (Å²) in [7, 11) is 0. The molecule has 1 fully saturated rings. The first kappa shape index (κ1) is 46.5. The third-order valence-corrected chi connectivity index (χ3v) is 10.0. The number of para-hydroxylation sites is 1. The monoisotopic (exact) mass is 862 g/mol. The van der Waals surface area contributed by atoms with Crippen molar-refractivity contribution in [3.8, 4) is 0 Å². The molecule has 10 N–H and O–H groups in total. The number of aromatic nitrogens is 1. The number of aliphatic hydroxyl groups excluding tert-OH is 2. The van der Waals surface area contributed by atoms with Gasteiger partial charge >= 0.3 is 0 Å². The number of nitrogens with one attached hydrogen (secondary N) is 6. The van der Waals surface area contributed by atoms with Crippen LogP contribution in [-0.2, 0) is 44.8 Å². The zero-order chi connectivity index (χ0) is 44.9. The predicted molar refractivity (Wildman–Crippen MR) is 223 cm³/mol. The highest BCUT2D eigenvalue weighted by molar-refractivity contribution is 6.03. The summed E-state index contributed by atoms with van der Waals surface area (Å²) < 4.78 is 17.3. The minimum Gasteiger partial charge on any atom is -0.394 e. The summed E-state index contributed by atoms with van der Waals surface area (Å²) in [5, 5.41) is 46.3. The fourth-order valence-corrected chi connectivity index (χ4v) is 6.87. The molecule has 0 radical (unpaired) electrons. The number of amides is 5. The van der Waals surface area contributed by atoms with E-state index in [-0.39, 0.29) is 54.6 Å². The average Bonchev–Trinajstić information content (AvgIpc) is 3.24. The molecule has 4 aromatic rings. The van der Waals surface area contributed by atoms with E-state index in [9.17, 15) is 49.1 Å².